The number of carbonyl (C=O) groups excluding carboxylic acids is 3. The highest BCUT2D eigenvalue weighted by Crippen LogP contribution is 2.31. The number of benzene rings is 2. The Morgan fingerprint density at radius 3 is 2.12 bits per heavy atom. The van der Waals surface area contributed by atoms with Crippen molar-refractivity contribution in [3.05, 3.63) is 64.2 Å². The predicted octanol–water partition coefficient (Wildman–Crippen LogP) is 7.46. The van der Waals surface area contributed by atoms with Crippen molar-refractivity contribution in [2.24, 2.45) is 5.92 Å². The van der Waals surface area contributed by atoms with Gasteiger partial charge >= 0.3 is 6.09 Å². The molecule has 0 saturated heterocycles. The molecular weight excluding hydrogens is 526 g/mol. The Hall–Kier alpha value is -3.06. The SMILES string of the molecule is CCc1ccc(C(C(=O)Nc2c(C)cccc2Cl)N(C(=O)C(C)NC(=O)OC(C)(C)C)C(C)CCC(C)C)cc1. The van der Waals surface area contributed by atoms with Gasteiger partial charge in [-0.2, -0.15) is 0 Å². The van der Waals surface area contributed by atoms with Gasteiger partial charge < -0.3 is 20.3 Å². The quantitative estimate of drug-likeness (QED) is 0.293. The highest BCUT2D eigenvalue weighted by Gasteiger charge is 2.38. The highest BCUT2D eigenvalue weighted by molar-refractivity contribution is 6.34. The minimum Gasteiger partial charge on any atom is -0.444 e. The zero-order valence-corrected chi connectivity index (χ0v) is 26.2. The molecule has 220 valence electrons. The van der Waals surface area contributed by atoms with Crippen LogP contribution in [-0.2, 0) is 20.7 Å². The van der Waals surface area contributed by atoms with Crippen molar-refractivity contribution in [2.45, 2.75) is 105 Å². The van der Waals surface area contributed by atoms with Crippen LogP contribution in [0.1, 0.15) is 91.0 Å². The number of halogens is 1. The van der Waals surface area contributed by atoms with Crippen LogP contribution < -0.4 is 10.6 Å². The van der Waals surface area contributed by atoms with Crippen LogP contribution in [0.3, 0.4) is 0 Å². The van der Waals surface area contributed by atoms with Crippen molar-refractivity contribution in [1.29, 1.82) is 0 Å². The van der Waals surface area contributed by atoms with E-state index in [2.05, 4.69) is 31.4 Å². The van der Waals surface area contributed by atoms with E-state index in [1.54, 1.807) is 38.7 Å². The van der Waals surface area contributed by atoms with Crippen LogP contribution in [0.4, 0.5) is 10.5 Å². The summed E-state index contributed by atoms with van der Waals surface area (Å²) in [5, 5.41) is 6.07. The standard InChI is InChI=1S/C32H46ClN3O4/c1-10-24-16-18-25(19-17-24)28(29(37)35-27-21(4)12-11-13-26(27)33)36(22(5)15-14-20(2)3)30(38)23(6)34-31(39)40-32(7,8)9/h11-13,16-20,22-23,28H,10,14-15H2,1-9H3,(H,34,39)(H,35,37). The van der Waals surface area contributed by atoms with E-state index in [1.165, 1.54) is 0 Å². The van der Waals surface area contributed by atoms with E-state index in [9.17, 15) is 14.4 Å². The maximum atomic E-state index is 14.1. The van der Waals surface area contributed by atoms with Gasteiger partial charge in [0.05, 0.1) is 10.7 Å². The van der Waals surface area contributed by atoms with Crippen LogP contribution in [0.25, 0.3) is 0 Å². The Labute approximate surface area is 245 Å². The monoisotopic (exact) mass is 571 g/mol. The predicted molar refractivity (Wildman–Crippen MR) is 163 cm³/mol. The van der Waals surface area contributed by atoms with E-state index < -0.39 is 23.8 Å². The fraction of sp³-hybridized carbons (Fsp3) is 0.531. The largest absolute Gasteiger partial charge is 0.444 e. The molecule has 0 spiro atoms. The third kappa shape index (κ3) is 9.54. The number of para-hydroxylation sites is 1. The Morgan fingerprint density at radius 2 is 1.60 bits per heavy atom. The van der Waals surface area contributed by atoms with E-state index in [0.29, 0.717) is 28.6 Å². The van der Waals surface area contributed by atoms with Gasteiger partial charge in [0.25, 0.3) is 5.91 Å². The summed E-state index contributed by atoms with van der Waals surface area (Å²) in [4.78, 5) is 42.4. The number of nitrogens with one attached hydrogen (secondary N) is 2. The Morgan fingerprint density at radius 1 is 0.975 bits per heavy atom. The molecule has 3 atom stereocenters. The van der Waals surface area contributed by atoms with Crippen LogP contribution >= 0.6 is 11.6 Å². The second-order valence-corrected chi connectivity index (χ2v) is 12.3. The molecule has 3 unspecified atom stereocenters. The van der Waals surface area contributed by atoms with Gasteiger partial charge in [-0.25, -0.2) is 4.79 Å². The number of amides is 3. The summed E-state index contributed by atoms with van der Waals surface area (Å²) < 4.78 is 5.39. The third-order valence-electron chi connectivity index (χ3n) is 6.70. The zero-order chi connectivity index (χ0) is 30.2. The van der Waals surface area contributed by atoms with E-state index in [4.69, 9.17) is 16.3 Å². The van der Waals surface area contributed by atoms with Crippen LogP contribution in [0, 0.1) is 12.8 Å². The molecule has 0 bridgehead atoms. The van der Waals surface area contributed by atoms with Crippen LogP contribution in [0.2, 0.25) is 5.02 Å². The topological polar surface area (TPSA) is 87.7 Å². The lowest BCUT2D eigenvalue weighted by Crippen LogP contribution is -2.54. The van der Waals surface area contributed by atoms with E-state index in [1.807, 2.05) is 50.2 Å². The van der Waals surface area contributed by atoms with E-state index in [-0.39, 0.29) is 17.9 Å². The van der Waals surface area contributed by atoms with E-state index in [0.717, 1.165) is 24.0 Å². The van der Waals surface area contributed by atoms with Crippen molar-refractivity contribution in [3.8, 4) is 0 Å². The molecule has 2 aromatic rings. The number of aryl methyl sites for hydroxylation is 2. The molecule has 0 saturated carbocycles. The maximum absolute atomic E-state index is 14.1. The molecule has 3 amide bonds. The lowest BCUT2D eigenvalue weighted by atomic mass is 9.96. The molecule has 0 aliphatic heterocycles. The van der Waals surface area contributed by atoms with Crippen molar-refractivity contribution in [1.82, 2.24) is 10.2 Å². The molecule has 8 heteroatoms. The first kappa shape index (κ1) is 33.1. The number of alkyl carbamates (subject to hydrolysis) is 1. The number of nitrogens with zero attached hydrogens (tertiary/aromatic N) is 1. The first-order valence-electron chi connectivity index (χ1n) is 14.1. The lowest BCUT2D eigenvalue weighted by molar-refractivity contribution is -0.143. The number of anilines is 1. The Kier molecular flexibility index (Phi) is 12.0. The van der Waals surface area contributed by atoms with Crippen LogP contribution in [0.15, 0.2) is 42.5 Å². The van der Waals surface area contributed by atoms with Gasteiger partial charge in [-0.3, -0.25) is 9.59 Å². The maximum Gasteiger partial charge on any atom is 0.408 e. The number of rotatable bonds is 11. The molecule has 2 N–H and O–H groups in total. The molecule has 0 fully saturated rings. The molecule has 2 aromatic carbocycles. The van der Waals surface area contributed by atoms with Gasteiger partial charge in [0.1, 0.15) is 17.7 Å². The fourth-order valence-electron chi connectivity index (χ4n) is 4.44. The number of carbonyl (C=O) groups is 3. The summed E-state index contributed by atoms with van der Waals surface area (Å²) >= 11 is 6.46. The van der Waals surface area contributed by atoms with Crippen LogP contribution in [-0.4, -0.2) is 40.5 Å². The summed E-state index contributed by atoms with van der Waals surface area (Å²) in [6.07, 6.45) is 1.71. The third-order valence-corrected chi connectivity index (χ3v) is 7.01. The molecule has 2 rings (SSSR count). The summed E-state index contributed by atoms with van der Waals surface area (Å²) in [5.41, 5.74) is 2.40. The second kappa shape index (κ2) is 14.5. The number of hydrogen-bond acceptors (Lipinski definition) is 4. The zero-order valence-electron chi connectivity index (χ0n) is 25.4. The number of ether oxygens (including phenoxy) is 1. The van der Waals surface area contributed by atoms with Crippen molar-refractivity contribution >= 4 is 35.2 Å². The smallest absolute Gasteiger partial charge is 0.408 e. The first-order valence-corrected chi connectivity index (χ1v) is 14.5. The van der Waals surface area contributed by atoms with Crippen LogP contribution in [0.5, 0.6) is 0 Å². The average molecular weight is 572 g/mol. The molecule has 0 heterocycles. The van der Waals surface area contributed by atoms with Crippen molar-refractivity contribution < 1.29 is 19.1 Å². The van der Waals surface area contributed by atoms with Gasteiger partial charge in [-0.1, -0.05) is 68.8 Å². The highest BCUT2D eigenvalue weighted by atomic mass is 35.5. The molecular formula is C32H46ClN3O4. The normalized spacial score (nSPS) is 13.8. The second-order valence-electron chi connectivity index (χ2n) is 11.9. The van der Waals surface area contributed by atoms with Gasteiger partial charge in [0, 0.05) is 6.04 Å². The fourth-order valence-corrected chi connectivity index (χ4v) is 4.71. The molecule has 0 aromatic heterocycles. The van der Waals surface area contributed by atoms with Gasteiger partial charge in [-0.15, -0.1) is 0 Å². The molecule has 40 heavy (non-hydrogen) atoms. The summed E-state index contributed by atoms with van der Waals surface area (Å²) in [6, 6.07) is 11.0. The minimum atomic E-state index is -0.959. The van der Waals surface area contributed by atoms with Gasteiger partial charge in [0.2, 0.25) is 5.91 Å². The van der Waals surface area contributed by atoms with Gasteiger partial charge in [-0.05, 0) is 89.5 Å². The summed E-state index contributed by atoms with van der Waals surface area (Å²) in [6.45, 7) is 17.0. The molecule has 0 aliphatic carbocycles. The molecule has 0 aliphatic rings. The molecule has 0 radical (unpaired) electrons. The van der Waals surface area contributed by atoms with Crippen molar-refractivity contribution in [3.63, 3.8) is 0 Å². The van der Waals surface area contributed by atoms with Gasteiger partial charge in [0.15, 0.2) is 0 Å². The lowest BCUT2D eigenvalue weighted by Gasteiger charge is -2.38. The Balaban J connectivity index is 2.57. The van der Waals surface area contributed by atoms with E-state index >= 15 is 0 Å². The van der Waals surface area contributed by atoms with Crippen molar-refractivity contribution in [2.75, 3.05) is 5.32 Å². The Bertz CT molecular complexity index is 1140. The minimum absolute atomic E-state index is 0.299. The average Bonchev–Trinajstić information content (AvgIpc) is 2.86. The first-order chi connectivity index (χ1) is 18.6. The molecule has 7 nitrogen and oxygen atoms in total. The number of hydrogen-bond donors (Lipinski definition) is 2. The summed E-state index contributed by atoms with van der Waals surface area (Å²) in [5.74, 6) is -0.342. The summed E-state index contributed by atoms with van der Waals surface area (Å²) in [7, 11) is 0.